The minimum Gasteiger partial charge on any atom is -0.351 e. The summed E-state index contributed by atoms with van der Waals surface area (Å²) in [7, 11) is 0. The second-order valence-electron chi connectivity index (χ2n) is 9.14. The third kappa shape index (κ3) is 3.16. The Labute approximate surface area is 159 Å². The third-order valence-corrected chi connectivity index (χ3v) is 7.71. The summed E-state index contributed by atoms with van der Waals surface area (Å²) in [6.07, 6.45) is 6.66. The van der Waals surface area contributed by atoms with Gasteiger partial charge >= 0.3 is 0 Å². The number of carbonyl (C=O) groups is 2. The first-order chi connectivity index (χ1) is 13.2. The zero-order chi connectivity index (χ0) is 18.5. The number of piperazine rings is 1. The Kier molecular flexibility index (Phi) is 4.63. The topological polar surface area (TPSA) is 65.2 Å². The summed E-state index contributed by atoms with van der Waals surface area (Å²) in [5.74, 6) is 0.546. The molecule has 3 saturated heterocycles. The lowest BCUT2D eigenvalue weighted by Gasteiger charge is -2.47. The maximum atomic E-state index is 14.5. The van der Waals surface area contributed by atoms with Crippen LogP contribution in [-0.2, 0) is 14.3 Å². The SMILES string of the molecule is O=CN1CCN2C(=O)C3CC(C4CCCCC4F)CCC3NC3OC3C2C1. The predicted molar refractivity (Wildman–Crippen MR) is 96.4 cm³/mol. The van der Waals surface area contributed by atoms with E-state index >= 15 is 0 Å². The van der Waals surface area contributed by atoms with Crippen molar-refractivity contribution in [3.05, 3.63) is 0 Å². The van der Waals surface area contributed by atoms with E-state index in [1.54, 1.807) is 4.90 Å². The number of carbonyl (C=O) groups excluding carboxylic acids is 2. The van der Waals surface area contributed by atoms with E-state index in [2.05, 4.69) is 5.32 Å². The van der Waals surface area contributed by atoms with E-state index in [0.29, 0.717) is 32.0 Å². The lowest BCUT2D eigenvalue weighted by atomic mass is 9.67. The Bertz CT molecular complexity index is 605. The molecule has 5 aliphatic rings. The van der Waals surface area contributed by atoms with E-state index in [9.17, 15) is 14.0 Å². The summed E-state index contributed by atoms with van der Waals surface area (Å²) in [5, 5.41) is 3.56. The summed E-state index contributed by atoms with van der Waals surface area (Å²) in [4.78, 5) is 28.4. The molecule has 6 nitrogen and oxygen atoms in total. The lowest BCUT2D eigenvalue weighted by Crippen LogP contribution is -2.63. The van der Waals surface area contributed by atoms with E-state index in [-0.39, 0.29) is 42.2 Å². The zero-order valence-electron chi connectivity index (χ0n) is 15.8. The molecule has 0 aromatic carbocycles. The van der Waals surface area contributed by atoms with Crippen LogP contribution in [0.1, 0.15) is 44.9 Å². The van der Waals surface area contributed by atoms with Crippen molar-refractivity contribution < 1.29 is 18.7 Å². The second kappa shape index (κ2) is 6.99. The minimum absolute atomic E-state index is 0.00939. The Morgan fingerprint density at radius 3 is 2.81 bits per heavy atom. The van der Waals surface area contributed by atoms with Crippen molar-refractivity contribution in [2.24, 2.45) is 17.8 Å². The molecular weight excluding hydrogens is 349 g/mol. The molecule has 8 atom stereocenters. The molecule has 3 aliphatic heterocycles. The highest BCUT2D eigenvalue weighted by molar-refractivity contribution is 5.81. The van der Waals surface area contributed by atoms with Gasteiger partial charge in [0.1, 0.15) is 18.5 Å². The molecule has 0 aromatic heterocycles. The van der Waals surface area contributed by atoms with E-state index in [4.69, 9.17) is 4.74 Å². The van der Waals surface area contributed by atoms with Gasteiger partial charge < -0.3 is 14.5 Å². The fourth-order valence-corrected chi connectivity index (χ4v) is 6.17. The molecule has 0 aromatic rings. The smallest absolute Gasteiger partial charge is 0.227 e. The summed E-state index contributed by atoms with van der Waals surface area (Å²) in [6, 6.07) is 0.0781. The number of rotatable bonds is 2. The largest absolute Gasteiger partial charge is 0.351 e. The number of amides is 2. The van der Waals surface area contributed by atoms with Gasteiger partial charge in [0.05, 0.1) is 12.0 Å². The molecule has 5 rings (SSSR count). The normalized spacial score (nSPS) is 47.2. The van der Waals surface area contributed by atoms with Crippen LogP contribution in [0, 0.1) is 17.8 Å². The van der Waals surface area contributed by atoms with Crippen LogP contribution in [0.2, 0.25) is 0 Å². The molecule has 5 fully saturated rings. The van der Waals surface area contributed by atoms with Gasteiger partial charge in [-0.15, -0.1) is 0 Å². The number of hydrogen-bond acceptors (Lipinski definition) is 4. The first kappa shape index (κ1) is 17.9. The van der Waals surface area contributed by atoms with Gasteiger partial charge in [0, 0.05) is 25.7 Å². The molecule has 1 N–H and O–H groups in total. The monoisotopic (exact) mass is 379 g/mol. The molecule has 27 heavy (non-hydrogen) atoms. The van der Waals surface area contributed by atoms with Gasteiger partial charge in [-0.2, -0.15) is 0 Å². The Morgan fingerprint density at radius 1 is 1.15 bits per heavy atom. The number of ether oxygens (including phenoxy) is 1. The average Bonchev–Trinajstić information content (AvgIpc) is 3.45. The molecule has 0 radical (unpaired) electrons. The highest BCUT2D eigenvalue weighted by atomic mass is 19.1. The van der Waals surface area contributed by atoms with Crippen molar-refractivity contribution in [3.63, 3.8) is 0 Å². The molecular formula is C20H30FN3O3. The fourth-order valence-electron chi connectivity index (χ4n) is 6.17. The van der Waals surface area contributed by atoms with E-state index in [1.807, 2.05) is 4.90 Å². The second-order valence-corrected chi connectivity index (χ2v) is 9.14. The Hall–Kier alpha value is -1.21. The van der Waals surface area contributed by atoms with Gasteiger partial charge in [-0.25, -0.2) is 4.39 Å². The van der Waals surface area contributed by atoms with E-state index < -0.39 is 6.17 Å². The van der Waals surface area contributed by atoms with Gasteiger partial charge in [-0.3, -0.25) is 14.9 Å². The lowest BCUT2D eigenvalue weighted by molar-refractivity contribution is -0.146. The molecule has 7 heteroatoms. The van der Waals surface area contributed by atoms with Crippen LogP contribution in [0.5, 0.6) is 0 Å². The fraction of sp³-hybridized carbons (Fsp3) is 0.900. The number of nitrogens with zero attached hydrogens (tertiary/aromatic N) is 2. The van der Waals surface area contributed by atoms with Gasteiger partial charge in [0.15, 0.2) is 0 Å². The number of epoxide rings is 1. The van der Waals surface area contributed by atoms with Gasteiger partial charge in [0.25, 0.3) is 0 Å². The third-order valence-electron chi connectivity index (χ3n) is 7.71. The van der Waals surface area contributed by atoms with Crippen molar-refractivity contribution in [1.29, 1.82) is 0 Å². The summed E-state index contributed by atoms with van der Waals surface area (Å²) in [6.45, 7) is 1.72. The van der Waals surface area contributed by atoms with Crippen LogP contribution < -0.4 is 5.32 Å². The van der Waals surface area contributed by atoms with Crippen LogP contribution in [0.15, 0.2) is 0 Å². The first-order valence-corrected chi connectivity index (χ1v) is 10.7. The Morgan fingerprint density at radius 2 is 2.00 bits per heavy atom. The first-order valence-electron chi connectivity index (χ1n) is 10.7. The number of nitrogens with one attached hydrogen (secondary N) is 1. The average molecular weight is 379 g/mol. The number of halogens is 1. The summed E-state index contributed by atoms with van der Waals surface area (Å²) < 4.78 is 20.4. The van der Waals surface area contributed by atoms with Gasteiger partial charge in [-0.05, 0) is 43.9 Å². The molecule has 8 unspecified atom stereocenters. The highest BCUT2D eigenvalue weighted by Gasteiger charge is 2.55. The molecule has 2 saturated carbocycles. The molecule has 2 amide bonds. The van der Waals surface area contributed by atoms with Crippen LogP contribution >= 0.6 is 0 Å². The quantitative estimate of drug-likeness (QED) is 0.580. The van der Waals surface area contributed by atoms with Crippen molar-refractivity contribution in [2.45, 2.75) is 75.5 Å². The summed E-state index contributed by atoms with van der Waals surface area (Å²) in [5.41, 5.74) is 0. The number of alkyl halides is 1. The van der Waals surface area contributed by atoms with E-state index in [0.717, 1.165) is 44.9 Å². The van der Waals surface area contributed by atoms with E-state index in [1.165, 1.54) is 0 Å². The molecule has 150 valence electrons. The number of hydrogen-bond donors (Lipinski definition) is 1. The van der Waals surface area contributed by atoms with Crippen molar-refractivity contribution in [2.75, 3.05) is 19.6 Å². The Balaban J connectivity index is 1.35. The molecule has 0 bridgehead atoms. The van der Waals surface area contributed by atoms with Crippen molar-refractivity contribution in [3.8, 4) is 0 Å². The standard InChI is InChI=1S/C20H30FN3O3/c21-15-4-2-1-3-13(15)12-5-6-16-14(9-12)20(26)24-8-7-23(11-25)10-17(24)18-19(22-16)27-18/h11-19,22H,1-10H2. The molecule has 0 spiro atoms. The maximum Gasteiger partial charge on any atom is 0.227 e. The van der Waals surface area contributed by atoms with Crippen LogP contribution in [0.25, 0.3) is 0 Å². The van der Waals surface area contributed by atoms with Crippen LogP contribution in [-0.4, -0.2) is 72.3 Å². The number of fused-ring (bicyclic) bond motifs is 4. The predicted octanol–water partition coefficient (Wildman–Crippen LogP) is 1.30. The van der Waals surface area contributed by atoms with Crippen LogP contribution in [0.3, 0.4) is 0 Å². The zero-order valence-corrected chi connectivity index (χ0v) is 15.8. The van der Waals surface area contributed by atoms with Gasteiger partial charge in [-0.1, -0.05) is 12.8 Å². The highest BCUT2D eigenvalue weighted by Crippen LogP contribution is 2.44. The summed E-state index contributed by atoms with van der Waals surface area (Å²) >= 11 is 0. The minimum atomic E-state index is -0.697. The van der Waals surface area contributed by atoms with Crippen molar-refractivity contribution >= 4 is 12.3 Å². The van der Waals surface area contributed by atoms with Crippen LogP contribution in [0.4, 0.5) is 4.39 Å². The molecule has 2 aliphatic carbocycles. The molecule has 3 heterocycles. The van der Waals surface area contributed by atoms with Gasteiger partial charge in [0.2, 0.25) is 12.3 Å². The maximum absolute atomic E-state index is 14.5. The van der Waals surface area contributed by atoms with Crippen molar-refractivity contribution in [1.82, 2.24) is 15.1 Å².